The molecule has 2 heterocycles. The lowest BCUT2D eigenvalue weighted by Gasteiger charge is -2.18. The molecule has 1 saturated heterocycles. The number of anilines is 1. The Morgan fingerprint density at radius 1 is 1.50 bits per heavy atom. The molecule has 1 atom stereocenters. The smallest absolute Gasteiger partial charge is 0.222 e. The highest BCUT2D eigenvalue weighted by Crippen LogP contribution is 2.23. The molecule has 1 aromatic heterocycles. The van der Waals surface area contributed by atoms with Crippen LogP contribution in [0.5, 0.6) is 0 Å². The van der Waals surface area contributed by atoms with Gasteiger partial charge in [0.2, 0.25) is 11.0 Å². The van der Waals surface area contributed by atoms with E-state index in [2.05, 4.69) is 22.5 Å². The highest BCUT2D eigenvalue weighted by atomic mass is 32.1. The molecule has 2 rings (SSSR count). The third-order valence-corrected chi connectivity index (χ3v) is 4.26. The summed E-state index contributed by atoms with van der Waals surface area (Å²) in [6, 6.07) is 0. The summed E-state index contributed by atoms with van der Waals surface area (Å²) >= 11 is 1.39. The zero-order valence-corrected chi connectivity index (χ0v) is 11.4. The summed E-state index contributed by atoms with van der Waals surface area (Å²) in [5.41, 5.74) is 2.47. The van der Waals surface area contributed by atoms with Crippen LogP contribution in [0.15, 0.2) is 0 Å². The molecule has 1 fully saturated rings. The van der Waals surface area contributed by atoms with Crippen LogP contribution >= 0.6 is 11.3 Å². The van der Waals surface area contributed by atoms with Gasteiger partial charge in [0.1, 0.15) is 5.01 Å². The van der Waals surface area contributed by atoms with Crippen molar-refractivity contribution in [2.45, 2.75) is 39.2 Å². The lowest BCUT2D eigenvalue weighted by molar-refractivity contribution is -0.131. The fourth-order valence-corrected chi connectivity index (χ4v) is 2.87. The van der Waals surface area contributed by atoms with Crippen LogP contribution in [0.3, 0.4) is 0 Å². The molecule has 0 spiro atoms. The van der Waals surface area contributed by atoms with Gasteiger partial charge in [-0.2, -0.15) is 0 Å². The van der Waals surface area contributed by atoms with E-state index in [0.29, 0.717) is 24.0 Å². The molecule has 0 bridgehead atoms. The fourth-order valence-electron chi connectivity index (χ4n) is 2.21. The number of hydrogen-bond donors (Lipinski definition) is 2. The zero-order valence-electron chi connectivity index (χ0n) is 10.6. The zero-order chi connectivity index (χ0) is 13.0. The first-order chi connectivity index (χ1) is 8.72. The number of rotatable bonds is 4. The lowest BCUT2D eigenvalue weighted by Crippen LogP contribution is -2.29. The Kier molecular flexibility index (Phi) is 4.48. The molecule has 1 amide bonds. The molecular weight excluding hydrogens is 250 g/mol. The van der Waals surface area contributed by atoms with Crippen LogP contribution in [0.25, 0.3) is 0 Å². The second kappa shape index (κ2) is 6.10. The quantitative estimate of drug-likeness (QED) is 0.637. The number of nitrogens with two attached hydrogens (primary N) is 1. The second-order valence-electron chi connectivity index (χ2n) is 4.56. The minimum atomic E-state index is 0.225. The SMILES string of the molecule is CCC1CCC(=O)N(Cc2nnc(NN)s2)CC1. The van der Waals surface area contributed by atoms with Gasteiger partial charge in [-0.25, -0.2) is 5.84 Å². The van der Waals surface area contributed by atoms with Gasteiger partial charge in [0.05, 0.1) is 6.54 Å². The molecule has 1 aromatic rings. The maximum Gasteiger partial charge on any atom is 0.222 e. The Labute approximate surface area is 111 Å². The van der Waals surface area contributed by atoms with Gasteiger partial charge in [-0.05, 0) is 18.8 Å². The Morgan fingerprint density at radius 3 is 3.00 bits per heavy atom. The Bertz CT molecular complexity index is 408. The fraction of sp³-hybridized carbons (Fsp3) is 0.727. The van der Waals surface area contributed by atoms with E-state index in [0.717, 1.165) is 30.8 Å². The molecule has 0 aromatic carbocycles. The van der Waals surface area contributed by atoms with Gasteiger partial charge < -0.3 is 4.90 Å². The summed E-state index contributed by atoms with van der Waals surface area (Å²) in [6.45, 7) is 3.56. The number of nitrogens with one attached hydrogen (secondary N) is 1. The van der Waals surface area contributed by atoms with E-state index < -0.39 is 0 Å². The molecule has 7 heteroatoms. The van der Waals surface area contributed by atoms with Crippen LogP contribution in [0, 0.1) is 5.92 Å². The average Bonchev–Trinajstić information content (AvgIpc) is 2.77. The molecular formula is C11H19N5OS. The number of nitrogen functional groups attached to an aromatic ring is 1. The number of hydrazine groups is 1. The average molecular weight is 269 g/mol. The van der Waals surface area contributed by atoms with Crippen molar-refractivity contribution in [3.63, 3.8) is 0 Å². The molecule has 3 N–H and O–H groups in total. The van der Waals surface area contributed by atoms with Crippen LogP contribution in [0.4, 0.5) is 5.13 Å². The van der Waals surface area contributed by atoms with Gasteiger partial charge >= 0.3 is 0 Å². The monoisotopic (exact) mass is 269 g/mol. The molecule has 0 aliphatic carbocycles. The molecule has 1 aliphatic rings. The van der Waals surface area contributed by atoms with E-state index in [1.807, 2.05) is 4.90 Å². The normalized spacial score (nSPS) is 20.9. The van der Waals surface area contributed by atoms with E-state index in [-0.39, 0.29) is 5.91 Å². The topological polar surface area (TPSA) is 84.1 Å². The van der Waals surface area contributed by atoms with Crippen LogP contribution in [0.1, 0.15) is 37.6 Å². The van der Waals surface area contributed by atoms with Crippen molar-refractivity contribution in [2.75, 3.05) is 12.0 Å². The van der Waals surface area contributed by atoms with Gasteiger partial charge in [0.15, 0.2) is 0 Å². The van der Waals surface area contributed by atoms with Gasteiger partial charge in [-0.1, -0.05) is 24.7 Å². The lowest BCUT2D eigenvalue weighted by atomic mass is 9.98. The Balaban J connectivity index is 1.97. The standard InChI is InChI=1S/C11H19N5OS/c1-2-8-3-4-10(17)16(6-5-8)7-9-14-15-11(13-12)18-9/h8H,2-7,12H2,1H3,(H,13,15). The van der Waals surface area contributed by atoms with Crippen molar-refractivity contribution in [2.24, 2.45) is 11.8 Å². The van der Waals surface area contributed by atoms with Crippen molar-refractivity contribution >= 4 is 22.4 Å². The van der Waals surface area contributed by atoms with Gasteiger partial charge in [0.25, 0.3) is 0 Å². The molecule has 0 radical (unpaired) electrons. The number of likely N-dealkylation sites (tertiary alicyclic amines) is 1. The summed E-state index contributed by atoms with van der Waals surface area (Å²) < 4.78 is 0. The Morgan fingerprint density at radius 2 is 2.33 bits per heavy atom. The third kappa shape index (κ3) is 3.17. The highest BCUT2D eigenvalue weighted by molar-refractivity contribution is 7.15. The van der Waals surface area contributed by atoms with Crippen LogP contribution in [0.2, 0.25) is 0 Å². The number of carbonyl (C=O) groups excluding carboxylic acids is 1. The van der Waals surface area contributed by atoms with Crippen molar-refractivity contribution in [1.82, 2.24) is 15.1 Å². The van der Waals surface area contributed by atoms with Crippen molar-refractivity contribution in [3.8, 4) is 0 Å². The second-order valence-corrected chi connectivity index (χ2v) is 5.62. The number of hydrogen-bond acceptors (Lipinski definition) is 6. The van der Waals surface area contributed by atoms with Gasteiger partial charge in [0, 0.05) is 13.0 Å². The minimum absolute atomic E-state index is 0.225. The predicted octanol–water partition coefficient (Wildman–Crippen LogP) is 1.36. The first-order valence-corrected chi connectivity index (χ1v) is 7.11. The summed E-state index contributed by atoms with van der Waals surface area (Å²) in [6.07, 6.45) is 3.90. The van der Waals surface area contributed by atoms with Gasteiger partial charge in [-0.3, -0.25) is 10.2 Å². The molecule has 6 nitrogen and oxygen atoms in total. The number of carbonyl (C=O) groups is 1. The molecule has 100 valence electrons. The third-order valence-electron chi connectivity index (χ3n) is 3.42. The maximum atomic E-state index is 12.0. The largest absolute Gasteiger partial charge is 0.336 e. The van der Waals surface area contributed by atoms with E-state index >= 15 is 0 Å². The Hall–Kier alpha value is -1.21. The van der Waals surface area contributed by atoms with Crippen molar-refractivity contribution in [3.05, 3.63) is 5.01 Å². The minimum Gasteiger partial charge on any atom is -0.336 e. The van der Waals surface area contributed by atoms with Gasteiger partial charge in [-0.15, -0.1) is 10.2 Å². The summed E-state index contributed by atoms with van der Waals surface area (Å²) in [5.74, 6) is 6.16. The number of amides is 1. The molecule has 0 saturated carbocycles. The maximum absolute atomic E-state index is 12.0. The summed E-state index contributed by atoms with van der Waals surface area (Å²) in [7, 11) is 0. The van der Waals surface area contributed by atoms with Crippen LogP contribution < -0.4 is 11.3 Å². The molecule has 1 aliphatic heterocycles. The summed E-state index contributed by atoms with van der Waals surface area (Å²) in [4.78, 5) is 13.9. The van der Waals surface area contributed by atoms with E-state index in [1.54, 1.807) is 0 Å². The van der Waals surface area contributed by atoms with Crippen LogP contribution in [-0.4, -0.2) is 27.5 Å². The highest BCUT2D eigenvalue weighted by Gasteiger charge is 2.22. The number of aromatic nitrogens is 2. The first kappa shape index (κ1) is 13.2. The van der Waals surface area contributed by atoms with Crippen LogP contribution in [-0.2, 0) is 11.3 Å². The predicted molar refractivity (Wildman–Crippen MR) is 70.8 cm³/mol. The van der Waals surface area contributed by atoms with E-state index in [9.17, 15) is 4.79 Å². The first-order valence-electron chi connectivity index (χ1n) is 6.29. The van der Waals surface area contributed by atoms with E-state index in [1.165, 1.54) is 11.3 Å². The summed E-state index contributed by atoms with van der Waals surface area (Å²) in [5, 5.41) is 9.30. The van der Waals surface area contributed by atoms with Crippen molar-refractivity contribution < 1.29 is 4.79 Å². The molecule has 18 heavy (non-hydrogen) atoms. The van der Waals surface area contributed by atoms with E-state index in [4.69, 9.17) is 5.84 Å². The number of nitrogens with zero attached hydrogens (tertiary/aromatic N) is 3. The van der Waals surface area contributed by atoms with Crippen molar-refractivity contribution in [1.29, 1.82) is 0 Å². The molecule has 1 unspecified atom stereocenters.